The molecule has 0 N–H and O–H groups in total. The SMILES string of the molecule is COc1cc(B2OC(C)(C)C(C)(C)O2)ccc1OC1=CCCC=C1. The normalized spacial score (nSPS) is 21.5. The van der Waals surface area contributed by atoms with Gasteiger partial charge in [-0.3, -0.25) is 0 Å². The lowest BCUT2D eigenvalue weighted by Crippen LogP contribution is -2.41. The highest BCUT2D eigenvalue weighted by Gasteiger charge is 2.51. The van der Waals surface area contributed by atoms with E-state index in [1.807, 2.05) is 52.0 Å². The van der Waals surface area contributed by atoms with E-state index in [2.05, 4.69) is 12.2 Å². The van der Waals surface area contributed by atoms with Crippen LogP contribution in [0.3, 0.4) is 0 Å². The van der Waals surface area contributed by atoms with Crippen molar-refractivity contribution in [3.63, 3.8) is 0 Å². The molecule has 0 saturated carbocycles. The fraction of sp³-hybridized carbons (Fsp3) is 0.474. The molecule has 0 radical (unpaired) electrons. The minimum absolute atomic E-state index is 0.363. The van der Waals surface area contributed by atoms with E-state index < -0.39 is 7.12 Å². The second-order valence-electron chi connectivity index (χ2n) is 7.19. The summed E-state index contributed by atoms with van der Waals surface area (Å²) in [5, 5.41) is 0. The molecule has 0 atom stereocenters. The summed E-state index contributed by atoms with van der Waals surface area (Å²) >= 11 is 0. The summed E-state index contributed by atoms with van der Waals surface area (Å²) in [7, 11) is 1.23. The van der Waals surface area contributed by atoms with Crippen LogP contribution < -0.4 is 14.9 Å². The first-order valence-corrected chi connectivity index (χ1v) is 8.40. The monoisotopic (exact) mass is 328 g/mol. The highest BCUT2D eigenvalue weighted by Crippen LogP contribution is 2.37. The molecule has 1 aromatic rings. The summed E-state index contributed by atoms with van der Waals surface area (Å²) < 4.78 is 23.6. The number of methoxy groups -OCH3 is 1. The Labute approximate surface area is 144 Å². The van der Waals surface area contributed by atoms with Crippen molar-refractivity contribution >= 4 is 12.6 Å². The van der Waals surface area contributed by atoms with Gasteiger partial charge in [0, 0.05) is 0 Å². The van der Waals surface area contributed by atoms with Crippen LogP contribution in [0.15, 0.2) is 42.2 Å². The zero-order valence-corrected chi connectivity index (χ0v) is 15.1. The third kappa shape index (κ3) is 3.24. The van der Waals surface area contributed by atoms with Crippen LogP contribution in [0, 0.1) is 0 Å². The highest BCUT2D eigenvalue weighted by molar-refractivity contribution is 6.62. The molecular weight excluding hydrogens is 303 g/mol. The fourth-order valence-electron chi connectivity index (χ4n) is 2.69. The van der Waals surface area contributed by atoms with Gasteiger partial charge in [0.05, 0.1) is 18.3 Å². The summed E-state index contributed by atoms with van der Waals surface area (Å²) in [6.45, 7) is 8.18. The largest absolute Gasteiger partial charge is 0.494 e. The van der Waals surface area contributed by atoms with E-state index in [4.69, 9.17) is 18.8 Å². The molecule has 5 heteroatoms. The number of ether oxygens (including phenoxy) is 2. The maximum atomic E-state index is 6.10. The van der Waals surface area contributed by atoms with Crippen LogP contribution >= 0.6 is 0 Å². The van der Waals surface area contributed by atoms with Crippen molar-refractivity contribution < 1.29 is 18.8 Å². The molecule has 1 saturated heterocycles. The van der Waals surface area contributed by atoms with Gasteiger partial charge < -0.3 is 18.8 Å². The van der Waals surface area contributed by atoms with Crippen LogP contribution in [-0.2, 0) is 9.31 Å². The predicted octanol–water partition coefficient (Wildman–Crippen LogP) is 3.61. The van der Waals surface area contributed by atoms with E-state index in [0.29, 0.717) is 11.5 Å². The van der Waals surface area contributed by atoms with Crippen LogP contribution in [0.25, 0.3) is 0 Å². The Balaban J connectivity index is 1.82. The van der Waals surface area contributed by atoms with Crippen molar-refractivity contribution in [3.8, 4) is 11.5 Å². The van der Waals surface area contributed by atoms with Crippen LogP contribution in [0.5, 0.6) is 11.5 Å². The van der Waals surface area contributed by atoms with Crippen molar-refractivity contribution in [3.05, 3.63) is 42.2 Å². The van der Waals surface area contributed by atoms with E-state index in [1.54, 1.807) is 7.11 Å². The first kappa shape index (κ1) is 17.1. The molecule has 2 aliphatic rings. The molecule has 128 valence electrons. The lowest BCUT2D eigenvalue weighted by molar-refractivity contribution is 0.00578. The summed E-state index contributed by atoms with van der Waals surface area (Å²) in [5.74, 6) is 2.21. The first-order valence-electron chi connectivity index (χ1n) is 8.40. The Morgan fingerprint density at radius 3 is 2.29 bits per heavy atom. The Kier molecular flexibility index (Phi) is 4.49. The van der Waals surface area contributed by atoms with Crippen LogP contribution in [0.2, 0.25) is 0 Å². The molecule has 1 fully saturated rings. The molecule has 24 heavy (non-hydrogen) atoms. The molecule has 0 aromatic heterocycles. The minimum atomic E-state index is -0.410. The van der Waals surface area contributed by atoms with E-state index in [9.17, 15) is 0 Å². The zero-order chi connectivity index (χ0) is 17.4. The number of allylic oxidation sites excluding steroid dienone is 3. The van der Waals surface area contributed by atoms with Gasteiger partial charge in [0.25, 0.3) is 0 Å². The lowest BCUT2D eigenvalue weighted by atomic mass is 9.79. The predicted molar refractivity (Wildman–Crippen MR) is 95.8 cm³/mol. The first-order chi connectivity index (χ1) is 11.3. The van der Waals surface area contributed by atoms with Crippen molar-refractivity contribution in [1.29, 1.82) is 0 Å². The maximum absolute atomic E-state index is 6.10. The Bertz CT molecular complexity index is 660. The van der Waals surface area contributed by atoms with Crippen molar-refractivity contribution in [2.75, 3.05) is 7.11 Å². The van der Waals surface area contributed by atoms with Gasteiger partial charge in [-0.15, -0.1) is 0 Å². The van der Waals surface area contributed by atoms with Gasteiger partial charge in [-0.25, -0.2) is 0 Å². The molecule has 1 heterocycles. The molecular formula is C19H25BO4. The van der Waals surface area contributed by atoms with Gasteiger partial charge in [-0.05, 0) is 70.3 Å². The molecule has 1 aliphatic carbocycles. The van der Waals surface area contributed by atoms with Gasteiger partial charge in [0.2, 0.25) is 0 Å². The van der Waals surface area contributed by atoms with E-state index >= 15 is 0 Å². The van der Waals surface area contributed by atoms with Gasteiger partial charge in [-0.2, -0.15) is 0 Å². The number of hydrogen-bond acceptors (Lipinski definition) is 4. The van der Waals surface area contributed by atoms with Crippen molar-refractivity contribution in [2.45, 2.75) is 51.7 Å². The van der Waals surface area contributed by atoms with E-state index in [1.165, 1.54) is 0 Å². The molecule has 0 spiro atoms. The van der Waals surface area contributed by atoms with Gasteiger partial charge >= 0.3 is 7.12 Å². The Morgan fingerprint density at radius 2 is 1.71 bits per heavy atom. The third-order valence-corrected chi connectivity index (χ3v) is 4.90. The highest BCUT2D eigenvalue weighted by atomic mass is 16.7. The third-order valence-electron chi connectivity index (χ3n) is 4.90. The van der Waals surface area contributed by atoms with Gasteiger partial charge in [0.15, 0.2) is 11.5 Å². The average molecular weight is 328 g/mol. The molecule has 0 amide bonds. The second kappa shape index (κ2) is 6.30. The Hall–Kier alpha value is -1.72. The summed E-state index contributed by atoms with van der Waals surface area (Å²) in [4.78, 5) is 0. The smallest absolute Gasteiger partial charge is 0.493 e. The molecule has 3 rings (SSSR count). The minimum Gasteiger partial charge on any atom is -0.493 e. The van der Waals surface area contributed by atoms with Gasteiger partial charge in [0.1, 0.15) is 5.76 Å². The second-order valence-corrected chi connectivity index (χ2v) is 7.19. The van der Waals surface area contributed by atoms with Crippen LogP contribution in [-0.4, -0.2) is 25.4 Å². The number of benzene rings is 1. The fourth-order valence-corrected chi connectivity index (χ4v) is 2.69. The lowest BCUT2D eigenvalue weighted by Gasteiger charge is -2.32. The number of rotatable bonds is 4. The maximum Gasteiger partial charge on any atom is 0.494 e. The average Bonchev–Trinajstić information content (AvgIpc) is 2.77. The van der Waals surface area contributed by atoms with E-state index in [0.717, 1.165) is 24.1 Å². The van der Waals surface area contributed by atoms with Gasteiger partial charge in [-0.1, -0.05) is 12.1 Å². The summed E-state index contributed by atoms with van der Waals surface area (Å²) in [6.07, 6.45) is 8.25. The summed E-state index contributed by atoms with van der Waals surface area (Å²) in [6, 6.07) is 5.79. The molecule has 1 aromatic carbocycles. The summed E-state index contributed by atoms with van der Waals surface area (Å²) in [5.41, 5.74) is 0.196. The topological polar surface area (TPSA) is 36.9 Å². The molecule has 0 unspecified atom stereocenters. The molecule has 1 aliphatic heterocycles. The quantitative estimate of drug-likeness (QED) is 0.791. The van der Waals surface area contributed by atoms with E-state index in [-0.39, 0.29) is 11.2 Å². The standard InChI is InChI=1S/C19H25BO4/c1-18(2)19(3,4)24-20(23-18)14-11-12-16(17(13-14)21-5)22-15-9-7-6-8-10-15/h7,9-13H,6,8H2,1-5H3. The van der Waals surface area contributed by atoms with Crippen molar-refractivity contribution in [1.82, 2.24) is 0 Å². The molecule has 4 nitrogen and oxygen atoms in total. The Morgan fingerprint density at radius 1 is 1.00 bits per heavy atom. The number of hydrogen-bond donors (Lipinski definition) is 0. The zero-order valence-electron chi connectivity index (χ0n) is 15.1. The van der Waals surface area contributed by atoms with Crippen LogP contribution in [0.4, 0.5) is 0 Å². The van der Waals surface area contributed by atoms with Crippen molar-refractivity contribution in [2.24, 2.45) is 0 Å². The molecule has 0 bridgehead atoms. The van der Waals surface area contributed by atoms with Crippen LogP contribution in [0.1, 0.15) is 40.5 Å².